The number of nitro groups is 1. The normalized spacial score (nSPS) is 10.3. The molecule has 0 unspecified atom stereocenters. The molecule has 0 atom stereocenters. The molecular formula is C12H11N3O4. The number of aryl methyl sites for hydroxylation is 2. The lowest BCUT2D eigenvalue weighted by atomic mass is 10.1. The highest BCUT2D eigenvalue weighted by molar-refractivity contribution is 5.84. The van der Waals surface area contributed by atoms with Crippen molar-refractivity contribution in [3.05, 3.63) is 58.2 Å². The third-order valence-corrected chi connectivity index (χ3v) is 2.66. The second kappa shape index (κ2) is 5.30. The number of rotatable bonds is 5. The van der Waals surface area contributed by atoms with E-state index in [1.165, 1.54) is 24.7 Å². The highest BCUT2D eigenvalue weighted by Crippen LogP contribution is 2.12. The fraction of sp³-hybridized carbons (Fsp3) is 0.167. The standard InChI is InChI=1S/C12H11N3O4/c16-12(17)11-7-14(8-13-11)6-5-9-1-3-10(4-2-9)15(18)19/h1-4,7-8H,5-6H2,(H,16,17). The van der Waals surface area contributed by atoms with E-state index in [1.54, 1.807) is 16.7 Å². The van der Waals surface area contributed by atoms with Crippen molar-refractivity contribution in [3.8, 4) is 0 Å². The summed E-state index contributed by atoms with van der Waals surface area (Å²) in [6, 6.07) is 6.28. The highest BCUT2D eigenvalue weighted by atomic mass is 16.6. The molecule has 1 N–H and O–H groups in total. The Kier molecular flexibility index (Phi) is 3.56. The number of imidazole rings is 1. The number of aromatic nitrogens is 2. The van der Waals surface area contributed by atoms with Crippen molar-refractivity contribution in [2.75, 3.05) is 0 Å². The lowest BCUT2D eigenvalue weighted by Crippen LogP contribution is -2.00. The molecule has 1 aromatic heterocycles. The van der Waals surface area contributed by atoms with E-state index in [9.17, 15) is 14.9 Å². The number of carbonyl (C=O) groups is 1. The monoisotopic (exact) mass is 261 g/mol. The van der Waals surface area contributed by atoms with Gasteiger partial charge in [-0.3, -0.25) is 10.1 Å². The molecule has 2 rings (SSSR count). The van der Waals surface area contributed by atoms with Gasteiger partial charge in [-0.1, -0.05) is 12.1 Å². The largest absolute Gasteiger partial charge is 0.476 e. The molecule has 0 amide bonds. The zero-order valence-electron chi connectivity index (χ0n) is 9.89. The van der Waals surface area contributed by atoms with Crippen LogP contribution in [0.4, 0.5) is 5.69 Å². The van der Waals surface area contributed by atoms with Crippen LogP contribution in [0.5, 0.6) is 0 Å². The Morgan fingerprint density at radius 3 is 2.58 bits per heavy atom. The Bertz CT molecular complexity index is 604. The molecule has 7 nitrogen and oxygen atoms in total. The molecule has 0 radical (unpaired) electrons. The van der Waals surface area contributed by atoms with Gasteiger partial charge in [0.2, 0.25) is 0 Å². The number of carboxylic acids is 1. The molecule has 1 heterocycles. The average Bonchev–Trinajstić information content (AvgIpc) is 2.86. The molecule has 0 bridgehead atoms. The van der Waals surface area contributed by atoms with Crippen LogP contribution in [0.25, 0.3) is 0 Å². The van der Waals surface area contributed by atoms with E-state index < -0.39 is 10.9 Å². The summed E-state index contributed by atoms with van der Waals surface area (Å²) in [4.78, 5) is 24.4. The first-order valence-electron chi connectivity index (χ1n) is 5.54. The third kappa shape index (κ3) is 3.15. The van der Waals surface area contributed by atoms with Crippen LogP contribution >= 0.6 is 0 Å². The van der Waals surface area contributed by atoms with E-state index in [2.05, 4.69) is 4.98 Å². The first-order chi connectivity index (χ1) is 9.06. The van der Waals surface area contributed by atoms with Crippen LogP contribution in [0.15, 0.2) is 36.8 Å². The van der Waals surface area contributed by atoms with Gasteiger partial charge < -0.3 is 9.67 Å². The number of hydrogen-bond donors (Lipinski definition) is 1. The molecule has 0 fully saturated rings. The van der Waals surface area contributed by atoms with Gasteiger partial charge in [-0.15, -0.1) is 0 Å². The SMILES string of the molecule is O=C(O)c1cn(CCc2ccc([N+](=O)[O-])cc2)cn1. The van der Waals surface area contributed by atoms with E-state index in [4.69, 9.17) is 5.11 Å². The molecule has 19 heavy (non-hydrogen) atoms. The van der Waals surface area contributed by atoms with E-state index >= 15 is 0 Å². The molecular weight excluding hydrogens is 250 g/mol. The van der Waals surface area contributed by atoms with Crippen molar-refractivity contribution in [1.29, 1.82) is 0 Å². The maximum atomic E-state index is 10.7. The summed E-state index contributed by atoms with van der Waals surface area (Å²) in [5.41, 5.74) is 0.999. The smallest absolute Gasteiger partial charge is 0.356 e. The first kappa shape index (κ1) is 12.7. The zero-order chi connectivity index (χ0) is 13.8. The Labute approximate surface area is 108 Å². The summed E-state index contributed by atoms with van der Waals surface area (Å²) in [6.45, 7) is 0.568. The summed E-state index contributed by atoms with van der Waals surface area (Å²) in [5, 5.41) is 19.2. The van der Waals surface area contributed by atoms with Gasteiger partial charge >= 0.3 is 5.97 Å². The predicted molar refractivity (Wildman–Crippen MR) is 66.0 cm³/mol. The summed E-state index contributed by atoms with van der Waals surface area (Å²) in [6.07, 6.45) is 3.55. The minimum absolute atomic E-state index is 0.00343. The fourth-order valence-electron chi connectivity index (χ4n) is 1.64. The third-order valence-electron chi connectivity index (χ3n) is 2.66. The number of benzene rings is 1. The van der Waals surface area contributed by atoms with E-state index in [0.29, 0.717) is 13.0 Å². The van der Waals surface area contributed by atoms with E-state index in [1.807, 2.05) is 0 Å². The van der Waals surface area contributed by atoms with Gasteiger partial charge in [0, 0.05) is 24.9 Å². The molecule has 0 saturated carbocycles. The van der Waals surface area contributed by atoms with Crippen LogP contribution in [0.1, 0.15) is 16.1 Å². The van der Waals surface area contributed by atoms with Crippen molar-refractivity contribution >= 4 is 11.7 Å². The van der Waals surface area contributed by atoms with Crippen molar-refractivity contribution in [3.63, 3.8) is 0 Å². The van der Waals surface area contributed by atoms with Crippen LogP contribution < -0.4 is 0 Å². The van der Waals surface area contributed by atoms with Gasteiger partial charge in [0.1, 0.15) is 0 Å². The van der Waals surface area contributed by atoms with Gasteiger partial charge in [0.15, 0.2) is 5.69 Å². The Balaban J connectivity index is 1.97. The molecule has 7 heteroatoms. The minimum atomic E-state index is -1.06. The fourth-order valence-corrected chi connectivity index (χ4v) is 1.64. The number of carboxylic acid groups (broad SMARTS) is 1. The number of nitro benzene ring substituents is 1. The Morgan fingerprint density at radius 1 is 1.37 bits per heavy atom. The van der Waals surface area contributed by atoms with Crippen molar-refractivity contribution < 1.29 is 14.8 Å². The van der Waals surface area contributed by atoms with Crippen molar-refractivity contribution in [2.24, 2.45) is 0 Å². The van der Waals surface area contributed by atoms with Gasteiger partial charge in [-0.2, -0.15) is 0 Å². The van der Waals surface area contributed by atoms with Gasteiger partial charge in [0.25, 0.3) is 5.69 Å². The summed E-state index contributed by atoms with van der Waals surface area (Å²) in [5.74, 6) is -1.06. The number of nitrogens with zero attached hydrogens (tertiary/aromatic N) is 3. The Hall–Kier alpha value is -2.70. The summed E-state index contributed by atoms with van der Waals surface area (Å²) < 4.78 is 1.67. The molecule has 98 valence electrons. The van der Waals surface area contributed by atoms with Gasteiger partial charge in [-0.05, 0) is 12.0 Å². The quantitative estimate of drug-likeness (QED) is 0.652. The second-order valence-electron chi connectivity index (χ2n) is 3.98. The van der Waals surface area contributed by atoms with Crippen molar-refractivity contribution in [2.45, 2.75) is 13.0 Å². The Morgan fingerprint density at radius 2 is 2.05 bits per heavy atom. The number of aromatic carboxylic acids is 1. The first-order valence-corrected chi connectivity index (χ1v) is 5.54. The minimum Gasteiger partial charge on any atom is -0.476 e. The maximum Gasteiger partial charge on any atom is 0.356 e. The van der Waals surface area contributed by atoms with E-state index in [0.717, 1.165) is 5.56 Å². The van der Waals surface area contributed by atoms with Crippen LogP contribution in [-0.2, 0) is 13.0 Å². The number of hydrogen-bond acceptors (Lipinski definition) is 4. The average molecular weight is 261 g/mol. The number of non-ortho nitro benzene ring substituents is 1. The lowest BCUT2D eigenvalue weighted by molar-refractivity contribution is -0.384. The molecule has 0 aliphatic heterocycles. The summed E-state index contributed by atoms with van der Waals surface area (Å²) >= 11 is 0. The molecule has 1 aromatic carbocycles. The molecule has 0 saturated heterocycles. The molecule has 0 aliphatic carbocycles. The topological polar surface area (TPSA) is 98.3 Å². The van der Waals surface area contributed by atoms with Crippen LogP contribution in [-0.4, -0.2) is 25.6 Å². The van der Waals surface area contributed by atoms with Crippen LogP contribution in [0, 0.1) is 10.1 Å². The summed E-state index contributed by atoms with van der Waals surface area (Å²) in [7, 11) is 0. The van der Waals surface area contributed by atoms with Crippen molar-refractivity contribution in [1.82, 2.24) is 9.55 Å². The van der Waals surface area contributed by atoms with Gasteiger partial charge in [-0.25, -0.2) is 9.78 Å². The lowest BCUT2D eigenvalue weighted by Gasteiger charge is -2.02. The maximum absolute atomic E-state index is 10.7. The predicted octanol–water partition coefficient (Wildman–Crippen LogP) is 1.73. The molecule has 0 aliphatic rings. The van der Waals surface area contributed by atoms with Crippen LogP contribution in [0.3, 0.4) is 0 Å². The van der Waals surface area contributed by atoms with E-state index in [-0.39, 0.29) is 11.4 Å². The second-order valence-corrected chi connectivity index (χ2v) is 3.98. The zero-order valence-corrected chi connectivity index (χ0v) is 9.89. The van der Waals surface area contributed by atoms with Crippen LogP contribution in [0.2, 0.25) is 0 Å². The van der Waals surface area contributed by atoms with Gasteiger partial charge in [0.05, 0.1) is 11.3 Å². The highest BCUT2D eigenvalue weighted by Gasteiger charge is 2.07. The molecule has 2 aromatic rings. The molecule has 0 spiro atoms.